The van der Waals surface area contributed by atoms with E-state index in [0.29, 0.717) is 5.69 Å². The Labute approximate surface area is 156 Å². The maximum atomic E-state index is 12.4. The molecule has 5 heteroatoms. The van der Waals surface area contributed by atoms with Crippen molar-refractivity contribution in [1.29, 1.82) is 0 Å². The van der Waals surface area contributed by atoms with Crippen molar-refractivity contribution in [1.82, 2.24) is 15.6 Å². The number of amides is 1. The van der Waals surface area contributed by atoms with Gasteiger partial charge in [-0.2, -0.15) is 10.2 Å². The Kier molecular flexibility index (Phi) is 4.49. The van der Waals surface area contributed by atoms with Gasteiger partial charge >= 0.3 is 0 Å². The molecule has 0 saturated heterocycles. The first-order chi connectivity index (χ1) is 13.2. The third kappa shape index (κ3) is 3.48. The van der Waals surface area contributed by atoms with Crippen LogP contribution >= 0.6 is 0 Å². The summed E-state index contributed by atoms with van der Waals surface area (Å²) in [6.45, 7) is 1.88. The third-order valence-corrected chi connectivity index (χ3v) is 4.40. The molecule has 1 amide bonds. The zero-order valence-electron chi connectivity index (χ0n) is 14.8. The van der Waals surface area contributed by atoms with Gasteiger partial charge in [-0.05, 0) is 23.8 Å². The summed E-state index contributed by atoms with van der Waals surface area (Å²) in [4.78, 5) is 12.4. The summed E-state index contributed by atoms with van der Waals surface area (Å²) in [5, 5.41) is 13.5. The van der Waals surface area contributed by atoms with Crippen LogP contribution in [-0.4, -0.2) is 21.8 Å². The van der Waals surface area contributed by atoms with Gasteiger partial charge in [0.2, 0.25) is 0 Å². The SMILES string of the molecule is CC(=NNC(=O)c1cc(-c2ccccc2)n[nH]1)c1cccc2ccccc12. The minimum Gasteiger partial charge on any atom is -0.272 e. The molecule has 0 atom stereocenters. The second-order valence-electron chi connectivity index (χ2n) is 6.20. The molecule has 0 spiro atoms. The highest BCUT2D eigenvalue weighted by atomic mass is 16.2. The Bertz CT molecular complexity index is 1120. The number of fused-ring (bicyclic) bond motifs is 1. The fourth-order valence-electron chi connectivity index (χ4n) is 2.99. The lowest BCUT2D eigenvalue weighted by Gasteiger charge is -2.06. The van der Waals surface area contributed by atoms with E-state index in [0.717, 1.165) is 33.3 Å². The number of benzene rings is 3. The van der Waals surface area contributed by atoms with Gasteiger partial charge in [-0.15, -0.1) is 0 Å². The number of hydrazone groups is 1. The lowest BCUT2D eigenvalue weighted by Crippen LogP contribution is -2.19. The first kappa shape index (κ1) is 16.7. The van der Waals surface area contributed by atoms with Gasteiger partial charge < -0.3 is 0 Å². The van der Waals surface area contributed by atoms with E-state index in [9.17, 15) is 4.79 Å². The van der Waals surface area contributed by atoms with Crippen molar-refractivity contribution in [2.75, 3.05) is 0 Å². The molecule has 4 aromatic rings. The van der Waals surface area contributed by atoms with E-state index in [4.69, 9.17) is 0 Å². The number of carbonyl (C=O) groups is 1. The number of rotatable bonds is 4. The van der Waals surface area contributed by atoms with Gasteiger partial charge in [0.25, 0.3) is 5.91 Å². The Morgan fingerprint density at radius 2 is 1.70 bits per heavy atom. The van der Waals surface area contributed by atoms with Crippen LogP contribution in [0, 0.1) is 0 Å². The fourth-order valence-corrected chi connectivity index (χ4v) is 2.99. The van der Waals surface area contributed by atoms with Crippen LogP contribution in [0.2, 0.25) is 0 Å². The van der Waals surface area contributed by atoms with Gasteiger partial charge in [-0.3, -0.25) is 9.89 Å². The van der Waals surface area contributed by atoms with E-state index in [1.807, 2.05) is 67.6 Å². The first-order valence-electron chi connectivity index (χ1n) is 8.66. The molecule has 3 aromatic carbocycles. The number of hydrogen-bond donors (Lipinski definition) is 2. The number of aromatic amines is 1. The van der Waals surface area contributed by atoms with Gasteiger partial charge in [0.15, 0.2) is 0 Å². The highest BCUT2D eigenvalue weighted by molar-refractivity contribution is 6.10. The van der Waals surface area contributed by atoms with Crippen molar-refractivity contribution in [2.24, 2.45) is 5.10 Å². The minimum atomic E-state index is -0.329. The predicted molar refractivity (Wildman–Crippen MR) is 108 cm³/mol. The molecule has 0 bridgehead atoms. The zero-order chi connectivity index (χ0) is 18.6. The number of hydrogen-bond acceptors (Lipinski definition) is 3. The molecule has 0 aliphatic heterocycles. The van der Waals surface area contributed by atoms with Crippen LogP contribution in [0.3, 0.4) is 0 Å². The van der Waals surface area contributed by atoms with Crippen LogP contribution in [0.4, 0.5) is 0 Å². The maximum absolute atomic E-state index is 12.4. The topological polar surface area (TPSA) is 70.1 Å². The Morgan fingerprint density at radius 3 is 2.56 bits per heavy atom. The Hall–Kier alpha value is -3.73. The zero-order valence-corrected chi connectivity index (χ0v) is 14.8. The largest absolute Gasteiger partial charge is 0.289 e. The second kappa shape index (κ2) is 7.25. The highest BCUT2D eigenvalue weighted by Gasteiger charge is 2.11. The van der Waals surface area contributed by atoms with Crippen LogP contribution in [0.1, 0.15) is 23.0 Å². The number of carbonyl (C=O) groups excluding carboxylic acids is 1. The van der Waals surface area contributed by atoms with Gasteiger partial charge in [0.1, 0.15) is 5.69 Å². The van der Waals surface area contributed by atoms with Crippen LogP contribution < -0.4 is 5.43 Å². The third-order valence-electron chi connectivity index (χ3n) is 4.40. The fraction of sp³-hybridized carbons (Fsp3) is 0.0455. The number of nitrogens with zero attached hydrogens (tertiary/aromatic N) is 2. The second-order valence-corrected chi connectivity index (χ2v) is 6.20. The average molecular weight is 354 g/mol. The molecule has 132 valence electrons. The van der Waals surface area contributed by atoms with E-state index in [-0.39, 0.29) is 5.91 Å². The molecule has 0 fully saturated rings. The molecule has 1 heterocycles. The highest BCUT2D eigenvalue weighted by Crippen LogP contribution is 2.19. The average Bonchev–Trinajstić information content (AvgIpc) is 3.22. The van der Waals surface area contributed by atoms with Crippen molar-refractivity contribution in [3.63, 3.8) is 0 Å². The molecular weight excluding hydrogens is 336 g/mol. The normalized spacial score (nSPS) is 11.5. The van der Waals surface area contributed by atoms with Gasteiger partial charge in [-0.25, -0.2) is 5.43 Å². The van der Waals surface area contributed by atoms with Crippen molar-refractivity contribution in [3.05, 3.63) is 90.1 Å². The van der Waals surface area contributed by atoms with Gasteiger partial charge in [0, 0.05) is 11.1 Å². The predicted octanol–water partition coefficient (Wildman–Crippen LogP) is 4.38. The summed E-state index contributed by atoms with van der Waals surface area (Å²) >= 11 is 0. The standard InChI is InChI=1S/C22H18N4O/c1-15(18-13-7-11-16-8-5-6-12-19(16)18)23-26-22(27)21-14-20(24-25-21)17-9-3-2-4-10-17/h2-14H,1H3,(H,24,25)(H,26,27). The van der Waals surface area contributed by atoms with Crippen LogP contribution in [0.5, 0.6) is 0 Å². The molecule has 0 radical (unpaired) electrons. The summed E-state index contributed by atoms with van der Waals surface area (Å²) in [6.07, 6.45) is 0. The lowest BCUT2D eigenvalue weighted by molar-refractivity contribution is 0.0950. The number of H-pyrrole nitrogens is 1. The quantitative estimate of drug-likeness (QED) is 0.422. The first-order valence-corrected chi connectivity index (χ1v) is 8.66. The van der Waals surface area contributed by atoms with E-state index in [1.54, 1.807) is 6.07 Å². The van der Waals surface area contributed by atoms with E-state index >= 15 is 0 Å². The van der Waals surface area contributed by atoms with Crippen molar-refractivity contribution in [3.8, 4) is 11.3 Å². The molecule has 27 heavy (non-hydrogen) atoms. The smallest absolute Gasteiger partial charge is 0.272 e. The summed E-state index contributed by atoms with van der Waals surface area (Å²) in [7, 11) is 0. The summed E-state index contributed by atoms with van der Waals surface area (Å²) < 4.78 is 0. The van der Waals surface area contributed by atoms with Gasteiger partial charge in [-0.1, -0.05) is 72.8 Å². The Balaban J connectivity index is 1.54. The molecule has 0 unspecified atom stereocenters. The molecule has 0 saturated carbocycles. The number of aromatic nitrogens is 2. The lowest BCUT2D eigenvalue weighted by atomic mass is 10.0. The molecule has 4 rings (SSSR count). The van der Waals surface area contributed by atoms with Crippen molar-refractivity contribution >= 4 is 22.4 Å². The van der Waals surface area contributed by atoms with E-state index in [2.05, 4.69) is 32.9 Å². The summed E-state index contributed by atoms with van der Waals surface area (Å²) in [5.74, 6) is -0.329. The summed E-state index contributed by atoms with van der Waals surface area (Å²) in [5.41, 5.74) is 6.36. The molecule has 5 nitrogen and oxygen atoms in total. The molecular formula is C22H18N4O. The maximum Gasteiger partial charge on any atom is 0.289 e. The van der Waals surface area contributed by atoms with Crippen molar-refractivity contribution < 1.29 is 4.79 Å². The number of nitrogens with one attached hydrogen (secondary N) is 2. The van der Waals surface area contributed by atoms with Crippen LogP contribution in [0.25, 0.3) is 22.0 Å². The molecule has 2 N–H and O–H groups in total. The minimum absolute atomic E-state index is 0.329. The van der Waals surface area contributed by atoms with E-state index < -0.39 is 0 Å². The molecule has 0 aliphatic rings. The Morgan fingerprint density at radius 1 is 0.963 bits per heavy atom. The molecule has 1 aromatic heterocycles. The van der Waals surface area contributed by atoms with Gasteiger partial charge in [0.05, 0.1) is 11.4 Å². The van der Waals surface area contributed by atoms with E-state index in [1.165, 1.54) is 0 Å². The monoisotopic (exact) mass is 354 g/mol. The summed E-state index contributed by atoms with van der Waals surface area (Å²) in [6, 6.07) is 25.5. The van der Waals surface area contributed by atoms with Crippen molar-refractivity contribution in [2.45, 2.75) is 6.92 Å². The van der Waals surface area contributed by atoms with Crippen LogP contribution in [0.15, 0.2) is 84.0 Å². The molecule has 0 aliphatic carbocycles. The van der Waals surface area contributed by atoms with Crippen LogP contribution in [-0.2, 0) is 0 Å².